The summed E-state index contributed by atoms with van der Waals surface area (Å²) in [5, 5.41) is 11.0. The van der Waals surface area contributed by atoms with E-state index in [1.54, 1.807) is 4.90 Å². The highest BCUT2D eigenvalue weighted by Crippen LogP contribution is 2.42. The number of allylic oxidation sites excluding steroid dienone is 1. The molecular weight excluding hydrogens is 340 g/mol. The van der Waals surface area contributed by atoms with Gasteiger partial charge in [0.15, 0.2) is 0 Å². The molecule has 1 aromatic heterocycles. The van der Waals surface area contributed by atoms with Crippen molar-refractivity contribution < 1.29 is 4.79 Å². The SMILES string of the molecule is CCCC1(CCC)C(=O)N(/C(C=N)=C/N)Cc2cnc(NCC3CC3)nc21. The molecule has 0 unspecified atom stereocenters. The molecule has 7 heteroatoms. The van der Waals surface area contributed by atoms with E-state index in [1.807, 2.05) is 6.20 Å². The van der Waals surface area contributed by atoms with Gasteiger partial charge in [0.25, 0.3) is 0 Å². The van der Waals surface area contributed by atoms with E-state index in [0.717, 1.165) is 55.6 Å². The molecule has 0 radical (unpaired) electrons. The van der Waals surface area contributed by atoms with E-state index in [2.05, 4.69) is 24.1 Å². The fraction of sp³-hybridized carbons (Fsp3) is 0.600. The van der Waals surface area contributed by atoms with Gasteiger partial charge >= 0.3 is 0 Å². The minimum Gasteiger partial charge on any atom is -0.403 e. The van der Waals surface area contributed by atoms with Crippen molar-refractivity contribution in [2.45, 2.75) is 64.3 Å². The molecule has 0 saturated heterocycles. The van der Waals surface area contributed by atoms with E-state index < -0.39 is 5.41 Å². The first-order chi connectivity index (χ1) is 13.1. The smallest absolute Gasteiger partial charge is 0.239 e. The number of aromatic nitrogens is 2. The molecule has 0 bridgehead atoms. The molecule has 0 atom stereocenters. The number of nitrogens with two attached hydrogens (primary N) is 1. The van der Waals surface area contributed by atoms with Crippen molar-refractivity contribution in [2.75, 3.05) is 11.9 Å². The fourth-order valence-electron chi connectivity index (χ4n) is 4.04. The Kier molecular flexibility index (Phi) is 5.77. The van der Waals surface area contributed by atoms with E-state index in [0.29, 0.717) is 18.2 Å². The van der Waals surface area contributed by atoms with Gasteiger partial charge in [-0.2, -0.15) is 0 Å². The van der Waals surface area contributed by atoms with Crippen molar-refractivity contribution in [1.82, 2.24) is 14.9 Å². The van der Waals surface area contributed by atoms with Crippen LogP contribution in [0.3, 0.4) is 0 Å². The van der Waals surface area contributed by atoms with Crippen molar-refractivity contribution in [1.29, 1.82) is 5.41 Å². The molecule has 0 spiro atoms. The number of hydrogen-bond acceptors (Lipinski definition) is 6. The Morgan fingerprint density at radius 3 is 2.67 bits per heavy atom. The summed E-state index contributed by atoms with van der Waals surface area (Å²) >= 11 is 0. The number of amides is 1. The molecule has 146 valence electrons. The Hall–Kier alpha value is -2.44. The maximum Gasteiger partial charge on any atom is 0.239 e. The lowest BCUT2D eigenvalue weighted by Crippen LogP contribution is -2.51. The second kappa shape index (κ2) is 8.06. The number of hydrogen-bond donors (Lipinski definition) is 3. The number of carbonyl (C=O) groups excluding carboxylic acids is 1. The predicted molar refractivity (Wildman–Crippen MR) is 106 cm³/mol. The molecule has 1 aromatic rings. The number of nitrogens with one attached hydrogen (secondary N) is 2. The summed E-state index contributed by atoms with van der Waals surface area (Å²) < 4.78 is 0. The fourth-order valence-corrected chi connectivity index (χ4v) is 4.04. The summed E-state index contributed by atoms with van der Waals surface area (Å²) in [6.45, 7) is 5.42. The van der Waals surface area contributed by atoms with Gasteiger partial charge in [0.2, 0.25) is 11.9 Å². The highest BCUT2D eigenvalue weighted by molar-refractivity contribution is 5.95. The summed E-state index contributed by atoms with van der Waals surface area (Å²) in [5.41, 5.74) is 7.20. The third kappa shape index (κ3) is 3.68. The van der Waals surface area contributed by atoms with Gasteiger partial charge in [-0.3, -0.25) is 4.79 Å². The zero-order valence-corrected chi connectivity index (χ0v) is 16.3. The Bertz CT molecular complexity index is 734. The number of nitrogens with zero attached hydrogens (tertiary/aromatic N) is 3. The highest BCUT2D eigenvalue weighted by Gasteiger charge is 2.48. The van der Waals surface area contributed by atoms with Gasteiger partial charge in [-0.15, -0.1) is 0 Å². The van der Waals surface area contributed by atoms with E-state index in [9.17, 15) is 4.79 Å². The van der Waals surface area contributed by atoms with Crippen LogP contribution < -0.4 is 11.1 Å². The van der Waals surface area contributed by atoms with Gasteiger partial charge in [0.05, 0.1) is 23.4 Å². The van der Waals surface area contributed by atoms with Crippen LogP contribution in [-0.4, -0.2) is 33.5 Å². The van der Waals surface area contributed by atoms with Gasteiger partial charge in [0.1, 0.15) is 0 Å². The van der Waals surface area contributed by atoms with Crippen LogP contribution in [0.25, 0.3) is 0 Å². The molecule has 1 aliphatic heterocycles. The summed E-state index contributed by atoms with van der Waals surface area (Å²) in [5.74, 6) is 1.33. The molecule has 1 amide bonds. The highest BCUT2D eigenvalue weighted by atomic mass is 16.2. The molecule has 0 aromatic carbocycles. The van der Waals surface area contributed by atoms with Crippen LogP contribution in [0.1, 0.15) is 63.6 Å². The molecule has 2 heterocycles. The van der Waals surface area contributed by atoms with E-state index in [1.165, 1.54) is 19.0 Å². The second-order valence-corrected chi connectivity index (χ2v) is 7.60. The first-order valence-electron chi connectivity index (χ1n) is 9.94. The molecule has 7 nitrogen and oxygen atoms in total. The number of rotatable bonds is 9. The number of anilines is 1. The normalized spacial score (nSPS) is 19.0. The van der Waals surface area contributed by atoms with Crippen LogP contribution in [0.5, 0.6) is 0 Å². The zero-order chi connectivity index (χ0) is 19.4. The minimum absolute atomic E-state index is 0.00857. The van der Waals surface area contributed by atoms with Crippen molar-refractivity contribution >= 4 is 18.1 Å². The van der Waals surface area contributed by atoms with E-state index in [-0.39, 0.29) is 5.91 Å². The third-order valence-electron chi connectivity index (χ3n) is 5.53. The lowest BCUT2D eigenvalue weighted by atomic mass is 9.71. The first-order valence-corrected chi connectivity index (χ1v) is 9.94. The second-order valence-electron chi connectivity index (χ2n) is 7.60. The van der Waals surface area contributed by atoms with Gasteiger partial charge in [-0.05, 0) is 31.6 Å². The molecule has 4 N–H and O–H groups in total. The van der Waals surface area contributed by atoms with Crippen LogP contribution in [0.15, 0.2) is 18.1 Å². The Morgan fingerprint density at radius 1 is 1.41 bits per heavy atom. The maximum atomic E-state index is 13.6. The molecule has 27 heavy (non-hydrogen) atoms. The largest absolute Gasteiger partial charge is 0.403 e. The van der Waals surface area contributed by atoms with Gasteiger partial charge < -0.3 is 21.4 Å². The van der Waals surface area contributed by atoms with Crippen molar-refractivity contribution in [2.24, 2.45) is 11.7 Å². The van der Waals surface area contributed by atoms with Crippen molar-refractivity contribution in [3.8, 4) is 0 Å². The zero-order valence-electron chi connectivity index (χ0n) is 16.3. The van der Waals surface area contributed by atoms with Crippen LogP contribution in [-0.2, 0) is 16.8 Å². The van der Waals surface area contributed by atoms with Crippen molar-refractivity contribution in [3.63, 3.8) is 0 Å². The molecule has 1 saturated carbocycles. The average Bonchev–Trinajstić information content (AvgIpc) is 3.50. The number of carbonyl (C=O) groups is 1. The number of fused-ring (bicyclic) bond motifs is 1. The van der Waals surface area contributed by atoms with Crippen molar-refractivity contribution in [3.05, 3.63) is 29.4 Å². The van der Waals surface area contributed by atoms with Crippen LogP contribution in [0.4, 0.5) is 5.95 Å². The average molecular weight is 371 g/mol. The van der Waals surface area contributed by atoms with Gasteiger partial charge in [-0.25, -0.2) is 9.97 Å². The first kappa shape index (κ1) is 19.3. The summed E-state index contributed by atoms with van der Waals surface area (Å²) in [6.07, 6.45) is 10.0. The molecule has 2 aliphatic rings. The quantitative estimate of drug-likeness (QED) is 0.579. The van der Waals surface area contributed by atoms with Gasteiger partial charge in [-0.1, -0.05) is 26.7 Å². The summed E-state index contributed by atoms with van der Waals surface area (Å²) in [7, 11) is 0. The van der Waals surface area contributed by atoms with Crippen LogP contribution in [0, 0.1) is 11.3 Å². The lowest BCUT2D eigenvalue weighted by Gasteiger charge is -2.42. The Morgan fingerprint density at radius 2 is 2.11 bits per heavy atom. The Balaban J connectivity index is 2.05. The molecule has 1 aliphatic carbocycles. The minimum atomic E-state index is -0.687. The van der Waals surface area contributed by atoms with Gasteiger partial charge in [0, 0.05) is 30.7 Å². The standard InChI is InChI=1S/C20H30N6O/c1-3-7-20(8-4-2)17-15(13-26(18(20)27)16(9-21)10-22)12-24-19(25-17)23-11-14-5-6-14/h9-10,12,14,21H,3-8,11,13,22H2,1-2H3,(H,23,24,25)/b16-10+,21-9?. The topological polar surface area (TPSA) is 108 Å². The maximum absolute atomic E-state index is 13.6. The lowest BCUT2D eigenvalue weighted by molar-refractivity contribution is -0.138. The third-order valence-corrected chi connectivity index (χ3v) is 5.53. The molecule has 3 rings (SSSR count). The van der Waals surface area contributed by atoms with Crippen LogP contribution in [0.2, 0.25) is 0 Å². The van der Waals surface area contributed by atoms with Crippen LogP contribution >= 0.6 is 0 Å². The van der Waals surface area contributed by atoms with E-state index >= 15 is 0 Å². The summed E-state index contributed by atoms with van der Waals surface area (Å²) in [4.78, 5) is 24.5. The predicted octanol–water partition coefficient (Wildman–Crippen LogP) is 2.93. The Labute approximate surface area is 161 Å². The molecular formula is C20H30N6O. The monoisotopic (exact) mass is 370 g/mol. The summed E-state index contributed by atoms with van der Waals surface area (Å²) in [6, 6.07) is 0. The molecule has 1 fully saturated rings. The van der Waals surface area contributed by atoms with E-state index in [4.69, 9.17) is 16.1 Å².